The molecule has 2 rings (SSSR count). The summed E-state index contributed by atoms with van der Waals surface area (Å²) in [6, 6.07) is 8.26. The molecule has 0 spiro atoms. The molecule has 0 aromatic heterocycles. The molecule has 0 amide bonds. The number of aryl methyl sites for hydroxylation is 1. The van der Waals surface area contributed by atoms with Gasteiger partial charge in [-0.25, -0.2) is 17.6 Å². The number of carboxylic acid groups (broad SMARTS) is 1. The number of carbonyl (C=O) groups is 1. The Morgan fingerprint density at radius 1 is 1.21 bits per heavy atom. The van der Waals surface area contributed by atoms with Crippen molar-refractivity contribution in [3.8, 4) is 5.75 Å². The molecule has 2 aromatic carbocycles. The molecule has 0 aliphatic rings. The van der Waals surface area contributed by atoms with Crippen molar-refractivity contribution in [3.05, 3.63) is 53.3 Å². The minimum atomic E-state index is -4.06. The molecule has 0 unspecified atom stereocenters. The van der Waals surface area contributed by atoms with Crippen LogP contribution in [0.15, 0.2) is 41.3 Å². The van der Waals surface area contributed by atoms with Gasteiger partial charge in [0.25, 0.3) is 10.0 Å². The summed E-state index contributed by atoms with van der Waals surface area (Å²) in [4.78, 5) is 10.5. The molecule has 0 atom stereocenters. The number of ether oxygens (including phenoxy) is 1. The highest BCUT2D eigenvalue weighted by atomic mass is 32.2. The van der Waals surface area contributed by atoms with E-state index >= 15 is 0 Å². The number of rotatable bonds is 6. The lowest BCUT2D eigenvalue weighted by atomic mass is 10.1. The van der Waals surface area contributed by atoms with E-state index in [-0.39, 0.29) is 21.9 Å². The van der Waals surface area contributed by atoms with Crippen LogP contribution in [-0.2, 0) is 14.8 Å². The first-order valence-electron chi connectivity index (χ1n) is 6.94. The van der Waals surface area contributed by atoms with Crippen molar-refractivity contribution in [1.29, 1.82) is 0 Å². The van der Waals surface area contributed by atoms with Gasteiger partial charge in [-0.05, 0) is 37.6 Å². The third-order valence-corrected chi connectivity index (χ3v) is 4.81. The number of hydrogen-bond donors (Lipinski definition) is 2. The first-order chi connectivity index (χ1) is 11.2. The van der Waals surface area contributed by atoms with Crippen LogP contribution in [0.3, 0.4) is 0 Å². The third-order valence-electron chi connectivity index (χ3n) is 3.30. The molecule has 0 bridgehead atoms. The lowest BCUT2D eigenvalue weighted by Crippen LogP contribution is -2.17. The largest absolute Gasteiger partial charge is 0.481 e. The zero-order chi connectivity index (χ0) is 17.9. The van der Waals surface area contributed by atoms with Crippen LogP contribution in [0.4, 0.5) is 10.1 Å². The molecular weight excluding hydrogens is 337 g/mol. The van der Waals surface area contributed by atoms with Crippen molar-refractivity contribution >= 4 is 21.7 Å². The average Bonchev–Trinajstić information content (AvgIpc) is 2.48. The summed E-state index contributed by atoms with van der Waals surface area (Å²) in [6.07, 6.45) is 0. The molecule has 6 nitrogen and oxygen atoms in total. The molecule has 0 radical (unpaired) electrons. The number of benzene rings is 2. The predicted octanol–water partition coefficient (Wildman–Crippen LogP) is 2.71. The predicted molar refractivity (Wildman–Crippen MR) is 86.3 cm³/mol. The summed E-state index contributed by atoms with van der Waals surface area (Å²) in [5, 5.41) is 8.71. The molecule has 0 aliphatic heterocycles. The molecule has 0 saturated carbocycles. The maximum Gasteiger partial charge on any atom is 0.341 e. The van der Waals surface area contributed by atoms with E-state index in [1.165, 1.54) is 37.3 Å². The van der Waals surface area contributed by atoms with E-state index in [1.807, 2.05) is 0 Å². The van der Waals surface area contributed by atoms with Gasteiger partial charge in [0.1, 0.15) is 11.6 Å². The highest BCUT2D eigenvalue weighted by Crippen LogP contribution is 2.30. The van der Waals surface area contributed by atoms with Gasteiger partial charge in [0.2, 0.25) is 0 Å². The monoisotopic (exact) mass is 353 g/mol. The minimum absolute atomic E-state index is 0.114. The van der Waals surface area contributed by atoms with E-state index in [2.05, 4.69) is 4.72 Å². The van der Waals surface area contributed by atoms with Gasteiger partial charge < -0.3 is 9.84 Å². The van der Waals surface area contributed by atoms with Crippen LogP contribution in [0, 0.1) is 19.7 Å². The second-order valence-corrected chi connectivity index (χ2v) is 6.75. The molecule has 24 heavy (non-hydrogen) atoms. The van der Waals surface area contributed by atoms with Gasteiger partial charge in [-0.2, -0.15) is 0 Å². The van der Waals surface area contributed by atoms with Crippen LogP contribution >= 0.6 is 0 Å². The van der Waals surface area contributed by atoms with Gasteiger partial charge in [0, 0.05) is 5.56 Å². The Bertz CT molecular complexity index is 880. The maximum atomic E-state index is 13.7. The number of carboxylic acids is 1. The van der Waals surface area contributed by atoms with Crippen molar-refractivity contribution in [2.45, 2.75) is 18.7 Å². The molecule has 0 fully saturated rings. The molecule has 2 N–H and O–H groups in total. The molecule has 2 aromatic rings. The van der Waals surface area contributed by atoms with Gasteiger partial charge in [0.15, 0.2) is 6.61 Å². The molecule has 0 saturated heterocycles. The van der Waals surface area contributed by atoms with Gasteiger partial charge in [0.05, 0.1) is 10.6 Å². The second-order valence-electron chi connectivity index (χ2n) is 5.10. The SMILES string of the molecule is Cc1ccc(S(=O)(=O)Nc2ccccc2F)c(C)c1OCC(=O)O. The number of hydrogen-bond acceptors (Lipinski definition) is 4. The molecule has 128 valence electrons. The zero-order valence-electron chi connectivity index (χ0n) is 13.0. The smallest absolute Gasteiger partial charge is 0.341 e. The highest BCUT2D eigenvalue weighted by molar-refractivity contribution is 7.92. The Morgan fingerprint density at radius 3 is 2.50 bits per heavy atom. The maximum absolute atomic E-state index is 13.7. The van der Waals surface area contributed by atoms with Crippen LogP contribution in [0.25, 0.3) is 0 Å². The number of para-hydroxylation sites is 1. The summed E-state index contributed by atoms with van der Waals surface area (Å²) in [6.45, 7) is 2.58. The average molecular weight is 353 g/mol. The molecular formula is C16H16FNO5S. The van der Waals surface area contributed by atoms with Crippen LogP contribution in [0.5, 0.6) is 5.75 Å². The highest BCUT2D eigenvalue weighted by Gasteiger charge is 2.22. The van der Waals surface area contributed by atoms with Gasteiger partial charge >= 0.3 is 5.97 Å². The summed E-state index contributed by atoms with van der Waals surface area (Å²) in [5.41, 5.74) is 0.671. The van der Waals surface area contributed by atoms with Crippen molar-refractivity contribution in [1.82, 2.24) is 0 Å². The van der Waals surface area contributed by atoms with Crippen LogP contribution in [0.1, 0.15) is 11.1 Å². The topological polar surface area (TPSA) is 92.7 Å². The quantitative estimate of drug-likeness (QED) is 0.833. The summed E-state index contributed by atoms with van der Waals surface area (Å²) < 4.78 is 46.1. The Hall–Kier alpha value is -2.61. The molecule has 0 heterocycles. The molecule has 0 aliphatic carbocycles. The summed E-state index contributed by atoms with van der Waals surface area (Å²) >= 11 is 0. The number of anilines is 1. The Balaban J connectivity index is 2.42. The fourth-order valence-corrected chi connectivity index (χ4v) is 3.51. The first kappa shape index (κ1) is 17.7. The summed E-state index contributed by atoms with van der Waals surface area (Å²) in [5.74, 6) is -1.70. The zero-order valence-corrected chi connectivity index (χ0v) is 13.9. The van der Waals surface area contributed by atoms with Gasteiger partial charge in [-0.3, -0.25) is 4.72 Å². The lowest BCUT2D eigenvalue weighted by molar-refractivity contribution is -0.139. The van der Waals surface area contributed by atoms with Crippen LogP contribution < -0.4 is 9.46 Å². The Labute approximate surface area is 138 Å². The van der Waals surface area contributed by atoms with Gasteiger partial charge in [-0.1, -0.05) is 18.2 Å². The second kappa shape index (κ2) is 6.88. The van der Waals surface area contributed by atoms with E-state index in [4.69, 9.17) is 9.84 Å². The van der Waals surface area contributed by atoms with Crippen molar-refractivity contribution in [3.63, 3.8) is 0 Å². The third kappa shape index (κ3) is 3.83. The number of aliphatic carboxylic acids is 1. The van der Waals surface area contributed by atoms with E-state index in [1.54, 1.807) is 6.92 Å². The fourth-order valence-electron chi connectivity index (χ4n) is 2.20. The standard InChI is InChI=1S/C16H16FNO5S/c1-10-7-8-14(11(2)16(10)23-9-15(19)20)24(21,22)18-13-6-4-3-5-12(13)17/h3-8,18H,9H2,1-2H3,(H,19,20). The normalized spacial score (nSPS) is 11.1. The fraction of sp³-hybridized carbons (Fsp3) is 0.188. The first-order valence-corrected chi connectivity index (χ1v) is 8.43. The van der Waals surface area contributed by atoms with E-state index < -0.39 is 28.4 Å². The number of nitrogens with one attached hydrogen (secondary N) is 1. The van der Waals surface area contributed by atoms with E-state index in [9.17, 15) is 17.6 Å². The molecule has 8 heteroatoms. The minimum Gasteiger partial charge on any atom is -0.481 e. The Kier molecular flexibility index (Phi) is 5.08. The number of halogens is 1. The van der Waals surface area contributed by atoms with E-state index in [0.29, 0.717) is 5.56 Å². The lowest BCUT2D eigenvalue weighted by Gasteiger charge is -2.16. The van der Waals surface area contributed by atoms with Crippen LogP contribution in [0.2, 0.25) is 0 Å². The van der Waals surface area contributed by atoms with Crippen molar-refractivity contribution < 1.29 is 27.4 Å². The summed E-state index contributed by atoms with van der Waals surface area (Å²) in [7, 11) is -4.06. The van der Waals surface area contributed by atoms with Crippen LogP contribution in [-0.4, -0.2) is 26.1 Å². The van der Waals surface area contributed by atoms with Crippen molar-refractivity contribution in [2.24, 2.45) is 0 Å². The van der Waals surface area contributed by atoms with Crippen molar-refractivity contribution in [2.75, 3.05) is 11.3 Å². The van der Waals surface area contributed by atoms with Gasteiger partial charge in [-0.15, -0.1) is 0 Å². The van der Waals surface area contributed by atoms with E-state index in [0.717, 1.165) is 6.07 Å². The Morgan fingerprint density at radius 2 is 1.88 bits per heavy atom. The number of sulfonamides is 1.